The number of hydrogen-bond acceptors (Lipinski definition) is 3. The van der Waals surface area contributed by atoms with Crippen LogP contribution >= 0.6 is 23.4 Å². The Bertz CT molecular complexity index is 470. The molecule has 0 N–H and O–H groups in total. The molecule has 0 radical (unpaired) electrons. The highest BCUT2D eigenvalue weighted by atomic mass is 35.5. The van der Waals surface area contributed by atoms with E-state index in [4.69, 9.17) is 16.3 Å². The van der Waals surface area contributed by atoms with Crippen molar-refractivity contribution in [3.05, 3.63) is 27.8 Å². The summed E-state index contributed by atoms with van der Waals surface area (Å²) in [6.45, 7) is 8.05. The van der Waals surface area contributed by atoms with E-state index < -0.39 is 0 Å². The summed E-state index contributed by atoms with van der Waals surface area (Å²) in [4.78, 5) is 12.3. The molecule has 1 aromatic rings. The molecule has 4 heteroatoms. The van der Waals surface area contributed by atoms with E-state index in [-0.39, 0.29) is 5.78 Å². The van der Waals surface area contributed by atoms with Crippen molar-refractivity contribution >= 4 is 29.1 Å². The minimum absolute atomic E-state index is 0.101. The average Bonchev–Trinajstić information content (AvgIpc) is 2.34. The minimum Gasteiger partial charge on any atom is -0.496 e. The van der Waals surface area contributed by atoms with Crippen LogP contribution in [0.4, 0.5) is 0 Å². The van der Waals surface area contributed by atoms with Gasteiger partial charge < -0.3 is 4.74 Å². The summed E-state index contributed by atoms with van der Waals surface area (Å²) in [5.74, 6) is 1.55. The van der Waals surface area contributed by atoms with Crippen molar-refractivity contribution < 1.29 is 9.53 Å². The molecule has 0 spiro atoms. The van der Waals surface area contributed by atoms with Gasteiger partial charge in [0, 0.05) is 17.2 Å². The third-order valence-corrected chi connectivity index (χ3v) is 4.61. The smallest absolute Gasteiger partial charge is 0.167 e. The molecular weight excluding hydrogens is 280 g/mol. The Balaban J connectivity index is 2.98. The van der Waals surface area contributed by atoms with E-state index in [1.165, 1.54) is 0 Å². The quantitative estimate of drug-likeness (QED) is 0.714. The molecule has 0 bridgehead atoms. The highest BCUT2D eigenvalue weighted by Crippen LogP contribution is 2.32. The van der Waals surface area contributed by atoms with Gasteiger partial charge in [0.1, 0.15) is 5.75 Å². The number of carbonyl (C=O) groups excluding carboxylic acids is 1. The van der Waals surface area contributed by atoms with E-state index in [1.807, 2.05) is 19.9 Å². The Morgan fingerprint density at radius 1 is 1.42 bits per heavy atom. The molecular formula is C15H21ClO2S. The highest BCUT2D eigenvalue weighted by molar-refractivity contribution is 7.99. The molecule has 0 heterocycles. The number of Topliss-reactive ketones (excluding diaryl/α,β-unsaturated/α-hetero) is 1. The first-order valence-electron chi connectivity index (χ1n) is 6.37. The number of aryl methyl sites for hydroxylation is 1. The van der Waals surface area contributed by atoms with Crippen LogP contribution in [0.2, 0.25) is 5.02 Å². The molecule has 0 saturated heterocycles. The van der Waals surface area contributed by atoms with Gasteiger partial charge >= 0.3 is 0 Å². The van der Waals surface area contributed by atoms with Gasteiger partial charge in [-0.25, -0.2) is 0 Å². The largest absolute Gasteiger partial charge is 0.496 e. The topological polar surface area (TPSA) is 26.3 Å². The van der Waals surface area contributed by atoms with E-state index in [1.54, 1.807) is 18.9 Å². The van der Waals surface area contributed by atoms with Crippen LogP contribution in [0.15, 0.2) is 6.07 Å². The van der Waals surface area contributed by atoms with Crippen LogP contribution in [0.1, 0.15) is 41.8 Å². The lowest BCUT2D eigenvalue weighted by molar-refractivity contribution is 0.0986. The molecule has 0 saturated carbocycles. The Morgan fingerprint density at radius 3 is 2.58 bits per heavy atom. The van der Waals surface area contributed by atoms with Gasteiger partial charge in [0.15, 0.2) is 5.78 Å². The Labute approximate surface area is 124 Å². The molecule has 1 rings (SSSR count). The Kier molecular flexibility index (Phi) is 6.21. The summed E-state index contributed by atoms with van der Waals surface area (Å²) < 4.78 is 5.32. The van der Waals surface area contributed by atoms with Crippen LogP contribution in [-0.2, 0) is 0 Å². The summed E-state index contributed by atoms with van der Waals surface area (Å²) >= 11 is 8.01. The van der Waals surface area contributed by atoms with Crippen LogP contribution in [0.3, 0.4) is 0 Å². The summed E-state index contributed by atoms with van der Waals surface area (Å²) in [5, 5.41) is 1.19. The van der Waals surface area contributed by atoms with Crippen molar-refractivity contribution in [2.75, 3.05) is 12.9 Å². The van der Waals surface area contributed by atoms with E-state index in [0.29, 0.717) is 28.0 Å². The van der Waals surface area contributed by atoms with Crippen molar-refractivity contribution in [3.8, 4) is 5.75 Å². The third kappa shape index (κ3) is 4.15. The van der Waals surface area contributed by atoms with Crippen molar-refractivity contribution in [3.63, 3.8) is 0 Å². The fraction of sp³-hybridized carbons (Fsp3) is 0.533. The molecule has 0 aromatic heterocycles. The van der Waals surface area contributed by atoms with Gasteiger partial charge in [-0.15, -0.1) is 0 Å². The lowest BCUT2D eigenvalue weighted by atomic mass is 9.99. The maximum absolute atomic E-state index is 12.3. The molecule has 0 fully saturated rings. The van der Waals surface area contributed by atoms with Gasteiger partial charge in [-0.3, -0.25) is 4.79 Å². The van der Waals surface area contributed by atoms with E-state index in [2.05, 4.69) is 13.8 Å². The molecule has 0 amide bonds. The molecule has 1 aromatic carbocycles. The first-order valence-corrected chi connectivity index (χ1v) is 7.79. The van der Waals surface area contributed by atoms with Gasteiger partial charge in [0.2, 0.25) is 0 Å². The van der Waals surface area contributed by atoms with Gasteiger partial charge in [-0.1, -0.05) is 25.4 Å². The predicted octanol–water partition coefficient (Wildman–Crippen LogP) is 4.68. The van der Waals surface area contributed by atoms with Gasteiger partial charge in [0.25, 0.3) is 0 Å². The number of benzene rings is 1. The molecule has 0 aliphatic carbocycles. The summed E-state index contributed by atoms with van der Waals surface area (Å²) in [7, 11) is 1.59. The monoisotopic (exact) mass is 300 g/mol. The first-order chi connectivity index (χ1) is 8.88. The number of ketones is 1. The minimum atomic E-state index is 0.101. The maximum Gasteiger partial charge on any atom is 0.167 e. The lowest BCUT2D eigenvalue weighted by Gasteiger charge is -2.14. The van der Waals surface area contributed by atoms with Gasteiger partial charge in [0.05, 0.1) is 12.7 Å². The van der Waals surface area contributed by atoms with E-state index in [0.717, 1.165) is 16.9 Å². The fourth-order valence-electron chi connectivity index (χ4n) is 1.94. The molecule has 0 atom stereocenters. The molecule has 19 heavy (non-hydrogen) atoms. The molecule has 0 aliphatic rings. The number of thioether (sulfide) groups is 1. The van der Waals surface area contributed by atoms with Gasteiger partial charge in [-0.05, 0) is 36.3 Å². The van der Waals surface area contributed by atoms with Crippen LogP contribution in [0.5, 0.6) is 5.75 Å². The molecule has 0 unspecified atom stereocenters. The Morgan fingerprint density at radius 2 is 2.05 bits per heavy atom. The fourth-order valence-corrected chi connectivity index (χ4v) is 2.87. The number of rotatable bonds is 6. The number of methoxy groups -OCH3 is 1. The zero-order valence-electron chi connectivity index (χ0n) is 12.2. The number of carbonyl (C=O) groups is 1. The molecule has 0 aliphatic heterocycles. The van der Waals surface area contributed by atoms with Crippen LogP contribution in [0.25, 0.3) is 0 Å². The lowest BCUT2D eigenvalue weighted by Crippen LogP contribution is -2.08. The van der Waals surface area contributed by atoms with Crippen molar-refractivity contribution in [2.24, 2.45) is 0 Å². The summed E-state index contributed by atoms with van der Waals surface area (Å²) in [6, 6.07) is 1.83. The van der Waals surface area contributed by atoms with E-state index in [9.17, 15) is 4.79 Å². The van der Waals surface area contributed by atoms with Gasteiger partial charge in [-0.2, -0.15) is 11.8 Å². The van der Waals surface area contributed by atoms with Crippen molar-refractivity contribution in [2.45, 2.75) is 39.4 Å². The first kappa shape index (κ1) is 16.4. The highest BCUT2D eigenvalue weighted by Gasteiger charge is 2.19. The maximum atomic E-state index is 12.3. The predicted molar refractivity (Wildman–Crippen MR) is 84.0 cm³/mol. The van der Waals surface area contributed by atoms with Crippen LogP contribution < -0.4 is 4.74 Å². The van der Waals surface area contributed by atoms with Crippen molar-refractivity contribution in [1.82, 2.24) is 0 Å². The summed E-state index contributed by atoms with van der Waals surface area (Å²) in [6.07, 6.45) is 0.513. The van der Waals surface area contributed by atoms with Crippen molar-refractivity contribution in [1.29, 1.82) is 0 Å². The second kappa shape index (κ2) is 7.20. The third-order valence-electron chi connectivity index (χ3n) is 2.92. The summed E-state index contributed by atoms with van der Waals surface area (Å²) in [5.41, 5.74) is 2.38. The zero-order valence-corrected chi connectivity index (χ0v) is 13.7. The SMILES string of the molecule is COc1cc(C)c(Cl)c(C)c1C(=O)CCSC(C)C. The normalized spacial score (nSPS) is 10.9. The zero-order chi connectivity index (χ0) is 14.6. The standard InChI is InChI=1S/C15H21ClO2S/c1-9(2)19-7-6-12(17)14-11(4)15(16)10(3)8-13(14)18-5/h8-9H,6-7H2,1-5H3. The molecule has 2 nitrogen and oxygen atoms in total. The number of ether oxygens (including phenoxy) is 1. The molecule has 106 valence electrons. The Hall–Kier alpha value is -0.670. The number of hydrogen-bond donors (Lipinski definition) is 0. The second-order valence-corrected chi connectivity index (χ2v) is 6.86. The average molecular weight is 301 g/mol. The number of halogens is 1. The van der Waals surface area contributed by atoms with Crippen LogP contribution in [-0.4, -0.2) is 23.9 Å². The van der Waals surface area contributed by atoms with Crippen LogP contribution in [0, 0.1) is 13.8 Å². The van der Waals surface area contributed by atoms with E-state index >= 15 is 0 Å². The second-order valence-electron chi connectivity index (χ2n) is 4.80.